The fourth-order valence-corrected chi connectivity index (χ4v) is 1.38. The minimum absolute atomic E-state index is 0.307. The highest BCUT2D eigenvalue weighted by Crippen LogP contribution is 2.19. The Hall–Kier alpha value is -1.52. The smallest absolute Gasteiger partial charge is 0.343 e. The van der Waals surface area contributed by atoms with Gasteiger partial charge in [0.15, 0.2) is 0 Å². The minimum atomic E-state index is -0.307. The molecule has 0 saturated carbocycles. The van der Waals surface area contributed by atoms with Crippen LogP contribution in [-0.4, -0.2) is 28.9 Å². The van der Waals surface area contributed by atoms with E-state index in [4.69, 9.17) is 4.74 Å². The second kappa shape index (κ2) is 3.08. The van der Waals surface area contributed by atoms with Gasteiger partial charge in [0.1, 0.15) is 11.4 Å². The number of nitrogens with zero attached hydrogens (tertiary/aromatic N) is 2. The van der Waals surface area contributed by atoms with Crippen molar-refractivity contribution >= 4 is 11.8 Å². The average Bonchev–Trinajstić information content (AvgIpc) is 2.62. The van der Waals surface area contributed by atoms with Gasteiger partial charge in [0.25, 0.3) is 0 Å². The predicted molar refractivity (Wildman–Crippen MR) is 46.7 cm³/mol. The Balaban J connectivity index is 2.26. The van der Waals surface area contributed by atoms with Gasteiger partial charge in [-0.15, -0.1) is 0 Å². The van der Waals surface area contributed by atoms with Gasteiger partial charge in [-0.1, -0.05) is 0 Å². The molecular weight excluding hydrogens is 170 g/mol. The Morgan fingerprint density at radius 2 is 2.69 bits per heavy atom. The molecule has 0 unspecified atom stereocenters. The van der Waals surface area contributed by atoms with Crippen molar-refractivity contribution in [2.24, 2.45) is 0 Å². The maximum absolute atomic E-state index is 11.3. The molecule has 1 aromatic rings. The van der Waals surface area contributed by atoms with E-state index in [9.17, 15) is 4.79 Å². The van der Waals surface area contributed by atoms with Gasteiger partial charge in [-0.25, -0.2) is 9.48 Å². The van der Waals surface area contributed by atoms with Crippen LogP contribution in [0.1, 0.15) is 17.3 Å². The largest absolute Gasteiger partial charge is 0.462 e. The van der Waals surface area contributed by atoms with E-state index in [1.54, 1.807) is 17.8 Å². The van der Waals surface area contributed by atoms with Crippen molar-refractivity contribution in [3.63, 3.8) is 0 Å². The van der Waals surface area contributed by atoms with Gasteiger partial charge in [0, 0.05) is 6.54 Å². The second-order valence-corrected chi connectivity index (χ2v) is 2.78. The van der Waals surface area contributed by atoms with Crippen molar-refractivity contribution < 1.29 is 9.53 Å². The summed E-state index contributed by atoms with van der Waals surface area (Å²) in [7, 11) is 0. The van der Waals surface area contributed by atoms with Crippen LogP contribution in [0.3, 0.4) is 0 Å². The molecule has 5 heteroatoms. The lowest BCUT2D eigenvalue weighted by Crippen LogP contribution is -2.06. The number of hydrogen-bond acceptors (Lipinski definition) is 4. The molecule has 13 heavy (non-hydrogen) atoms. The summed E-state index contributed by atoms with van der Waals surface area (Å²) in [4.78, 5) is 11.3. The summed E-state index contributed by atoms with van der Waals surface area (Å²) < 4.78 is 6.65. The number of rotatable bonds is 2. The summed E-state index contributed by atoms with van der Waals surface area (Å²) >= 11 is 0. The summed E-state index contributed by atoms with van der Waals surface area (Å²) in [6.45, 7) is 3.82. The number of aromatic nitrogens is 2. The highest BCUT2D eigenvalue weighted by molar-refractivity contribution is 5.94. The van der Waals surface area contributed by atoms with Gasteiger partial charge in [-0.2, -0.15) is 5.10 Å². The molecule has 0 aromatic carbocycles. The first kappa shape index (κ1) is 8.10. The number of esters is 1. The average molecular weight is 181 g/mol. The van der Waals surface area contributed by atoms with E-state index in [1.165, 1.54) is 0 Å². The van der Waals surface area contributed by atoms with Crippen molar-refractivity contribution in [2.75, 3.05) is 18.5 Å². The van der Waals surface area contributed by atoms with Crippen LogP contribution >= 0.6 is 0 Å². The molecule has 0 radical (unpaired) electrons. The van der Waals surface area contributed by atoms with Crippen LogP contribution in [0.15, 0.2) is 6.20 Å². The zero-order valence-corrected chi connectivity index (χ0v) is 7.41. The molecule has 1 N–H and O–H groups in total. The topological polar surface area (TPSA) is 56.1 Å². The van der Waals surface area contributed by atoms with Crippen LogP contribution < -0.4 is 5.32 Å². The summed E-state index contributed by atoms with van der Waals surface area (Å²) in [5, 5.41) is 7.14. The van der Waals surface area contributed by atoms with Crippen molar-refractivity contribution in [1.29, 1.82) is 0 Å². The van der Waals surface area contributed by atoms with E-state index < -0.39 is 0 Å². The molecule has 0 aliphatic carbocycles. The molecular formula is C8H11N3O2. The summed E-state index contributed by atoms with van der Waals surface area (Å²) in [5.41, 5.74) is 0.527. The molecule has 1 aromatic heterocycles. The van der Waals surface area contributed by atoms with Crippen LogP contribution in [0.25, 0.3) is 0 Å². The first-order chi connectivity index (χ1) is 6.33. The van der Waals surface area contributed by atoms with E-state index in [-0.39, 0.29) is 5.97 Å². The second-order valence-electron chi connectivity index (χ2n) is 2.78. The molecule has 1 aliphatic heterocycles. The molecule has 1 aliphatic rings. The Morgan fingerprint density at radius 1 is 1.85 bits per heavy atom. The Labute approximate surface area is 75.7 Å². The minimum Gasteiger partial charge on any atom is -0.462 e. The molecule has 0 fully saturated rings. The Kier molecular flexibility index (Phi) is 1.92. The third-order valence-corrected chi connectivity index (χ3v) is 1.95. The van der Waals surface area contributed by atoms with Crippen molar-refractivity contribution in [2.45, 2.75) is 13.5 Å². The monoisotopic (exact) mass is 181 g/mol. The highest BCUT2D eigenvalue weighted by atomic mass is 16.5. The van der Waals surface area contributed by atoms with E-state index in [0.29, 0.717) is 12.2 Å². The van der Waals surface area contributed by atoms with Crippen LogP contribution in [0.5, 0.6) is 0 Å². The maximum Gasteiger partial charge on any atom is 0.343 e. The Bertz CT molecular complexity index is 332. The standard InChI is InChI=1S/C8H11N3O2/c1-2-13-8(12)6-5-10-11-4-3-9-7(6)11/h5,9H,2-4H2,1H3. The lowest BCUT2D eigenvalue weighted by Gasteiger charge is -2.00. The SMILES string of the molecule is CCOC(=O)c1cnn2c1NCC2. The van der Waals surface area contributed by atoms with Crippen molar-refractivity contribution in [3.05, 3.63) is 11.8 Å². The molecule has 2 rings (SSSR count). The number of carbonyl (C=O) groups is 1. The first-order valence-corrected chi connectivity index (χ1v) is 4.29. The molecule has 0 atom stereocenters. The van der Waals surface area contributed by atoms with Crippen LogP contribution in [0.4, 0.5) is 5.82 Å². The van der Waals surface area contributed by atoms with Crippen LogP contribution in [0, 0.1) is 0 Å². The normalized spacial score (nSPS) is 13.6. The maximum atomic E-state index is 11.3. The van der Waals surface area contributed by atoms with Gasteiger partial charge in [-0.3, -0.25) is 0 Å². The molecule has 70 valence electrons. The molecule has 0 amide bonds. The third-order valence-electron chi connectivity index (χ3n) is 1.95. The lowest BCUT2D eigenvalue weighted by molar-refractivity contribution is 0.0527. The fraction of sp³-hybridized carbons (Fsp3) is 0.500. The van der Waals surface area contributed by atoms with E-state index in [2.05, 4.69) is 10.4 Å². The lowest BCUT2D eigenvalue weighted by atomic mass is 10.3. The number of carbonyl (C=O) groups excluding carboxylic acids is 1. The quantitative estimate of drug-likeness (QED) is 0.674. The molecule has 0 spiro atoms. The fourth-order valence-electron chi connectivity index (χ4n) is 1.38. The van der Waals surface area contributed by atoms with Crippen LogP contribution in [-0.2, 0) is 11.3 Å². The summed E-state index contributed by atoms with van der Waals surface area (Å²) in [6, 6.07) is 0. The van der Waals surface area contributed by atoms with Crippen molar-refractivity contribution in [3.8, 4) is 0 Å². The van der Waals surface area contributed by atoms with Gasteiger partial charge < -0.3 is 10.1 Å². The molecule has 0 saturated heterocycles. The summed E-state index contributed by atoms with van der Waals surface area (Å²) in [5.74, 6) is 0.469. The zero-order chi connectivity index (χ0) is 9.26. The van der Waals surface area contributed by atoms with E-state index in [0.717, 1.165) is 18.9 Å². The number of anilines is 1. The van der Waals surface area contributed by atoms with E-state index >= 15 is 0 Å². The van der Waals surface area contributed by atoms with E-state index in [1.807, 2.05) is 0 Å². The first-order valence-electron chi connectivity index (χ1n) is 4.29. The molecule has 2 heterocycles. The number of hydrogen-bond donors (Lipinski definition) is 1. The molecule has 5 nitrogen and oxygen atoms in total. The van der Waals surface area contributed by atoms with Gasteiger partial charge >= 0.3 is 5.97 Å². The number of ether oxygens (including phenoxy) is 1. The number of nitrogens with one attached hydrogen (secondary N) is 1. The van der Waals surface area contributed by atoms with Crippen molar-refractivity contribution in [1.82, 2.24) is 9.78 Å². The predicted octanol–water partition coefficient (Wildman–Crippen LogP) is 0.485. The number of fused-ring (bicyclic) bond motifs is 1. The van der Waals surface area contributed by atoms with Crippen LogP contribution in [0.2, 0.25) is 0 Å². The third kappa shape index (κ3) is 1.26. The molecule has 0 bridgehead atoms. The van der Waals surface area contributed by atoms with Gasteiger partial charge in [0.2, 0.25) is 0 Å². The Morgan fingerprint density at radius 3 is 3.46 bits per heavy atom. The zero-order valence-electron chi connectivity index (χ0n) is 7.41. The highest BCUT2D eigenvalue weighted by Gasteiger charge is 2.21. The summed E-state index contributed by atoms with van der Waals surface area (Å²) in [6.07, 6.45) is 1.54. The van der Waals surface area contributed by atoms with Gasteiger partial charge in [0.05, 0.1) is 19.3 Å². The van der Waals surface area contributed by atoms with Gasteiger partial charge in [-0.05, 0) is 6.92 Å².